The molecule has 0 saturated carbocycles. The molecule has 1 N–H and O–H groups in total. The zero-order chi connectivity index (χ0) is 15.9. The summed E-state index contributed by atoms with van der Waals surface area (Å²) in [5, 5.41) is 2.59. The van der Waals surface area contributed by atoms with Crippen LogP contribution in [0.25, 0.3) is 0 Å². The molecule has 1 aliphatic heterocycles. The molecule has 0 fully saturated rings. The maximum absolute atomic E-state index is 12.9. The van der Waals surface area contributed by atoms with Gasteiger partial charge in [0, 0.05) is 12.6 Å². The molecule has 6 heteroatoms. The Labute approximate surface area is 125 Å². The normalized spacial score (nSPS) is 13.3. The van der Waals surface area contributed by atoms with Crippen LogP contribution < -0.4 is 5.32 Å². The Morgan fingerprint density at radius 1 is 1.05 bits per heavy atom. The van der Waals surface area contributed by atoms with Crippen LogP contribution in [0.3, 0.4) is 0 Å². The molecule has 5 nitrogen and oxygen atoms in total. The summed E-state index contributed by atoms with van der Waals surface area (Å²) < 4.78 is 12.9. The summed E-state index contributed by atoms with van der Waals surface area (Å²) in [7, 11) is 1.39. The van der Waals surface area contributed by atoms with E-state index in [0.29, 0.717) is 0 Å². The van der Waals surface area contributed by atoms with Crippen molar-refractivity contribution in [2.45, 2.75) is 0 Å². The van der Waals surface area contributed by atoms with Gasteiger partial charge in [0.05, 0.1) is 16.8 Å². The highest BCUT2D eigenvalue weighted by molar-refractivity contribution is 6.24. The fourth-order valence-electron chi connectivity index (χ4n) is 2.30. The van der Waals surface area contributed by atoms with Gasteiger partial charge in [0.2, 0.25) is 0 Å². The van der Waals surface area contributed by atoms with Gasteiger partial charge < -0.3 is 5.32 Å². The van der Waals surface area contributed by atoms with Gasteiger partial charge in [-0.05, 0) is 36.4 Å². The van der Waals surface area contributed by atoms with E-state index in [1.54, 1.807) is 12.1 Å². The monoisotopic (exact) mass is 298 g/mol. The van der Waals surface area contributed by atoms with Crippen LogP contribution in [-0.4, -0.2) is 29.7 Å². The number of imide groups is 1. The number of hydrogen-bond acceptors (Lipinski definition) is 3. The molecule has 0 saturated heterocycles. The van der Waals surface area contributed by atoms with E-state index in [9.17, 15) is 18.8 Å². The Morgan fingerprint density at radius 2 is 1.73 bits per heavy atom. The number of hydrogen-bond donors (Lipinski definition) is 1. The molecule has 0 aromatic heterocycles. The molecule has 0 bridgehead atoms. The third-order valence-electron chi connectivity index (χ3n) is 3.47. The predicted molar refractivity (Wildman–Crippen MR) is 77.2 cm³/mol. The molecule has 0 radical (unpaired) electrons. The minimum atomic E-state index is -0.483. The molecule has 3 amide bonds. The van der Waals surface area contributed by atoms with Crippen LogP contribution in [0.15, 0.2) is 42.5 Å². The molecule has 110 valence electrons. The minimum absolute atomic E-state index is 0.172. The zero-order valence-corrected chi connectivity index (χ0v) is 11.6. The molecule has 0 spiro atoms. The lowest BCUT2D eigenvalue weighted by Crippen LogP contribution is -2.24. The Balaban J connectivity index is 1.95. The van der Waals surface area contributed by atoms with Gasteiger partial charge in [-0.15, -0.1) is 0 Å². The van der Waals surface area contributed by atoms with Gasteiger partial charge in [-0.2, -0.15) is 0 Å². The summed E-state index contributed by atoms with van der Waals surface area (Å²) in [6.45, 7) is 0. The van der Waals surface area contributed by atoms with Gasteiger partial charge in [0.1, 0.15) is 5.82 Å². The van der Waals surface area contributed by atoms with Gasteiger partial charge in [-0.25, -0.2) is 4.39 Å². The SMILES string of the molecule is CN1C(=O)c2cccc(NC(=O)c3ccc(F)cc3)c2C1=O. The van der Waals surface area contributed by atoms with Gasteiger partial charge in [-0.3, -0.25) is 19.3 Å². The summed E-state index contributed by atoms with van der Waals surface area (Å²) >= 11 is 0. The first-order chi connectivity index (χ1) is 10.5. The molecule has 1 aliphatic rings. The Kier molecular flexibility index (Phi) is 3.21. The molecule has 0 atom stereocenters. The average Bonchev–Trinajstić information content (AvgIpc) is 2.73. The number of anilines is 1. The first-order valence-corrected chi connectivity index (χ1v) is 6.51. The van der Waals surface area contributed by atoms with E-state index in [2.05, 4.69) is 5.32 Å². The van der Waals surface area contributed by atoms with Crippen molar-refractivity contribution in [1.29, 1.82) is 0 Å². The van der Waals surface area contributed by atoms with Crippen molar-refractivity contribution in [2.24, 2.45) is 0 Å². The molecular formula is C16H11FN2O3. The second kappa shape index (κ2) is 5.07. The van der Waals surface area contributed by atoms with Crippen molar-refractivity contribution in [1.82, 2.24) is 4.90 Å². The van der Waals surface area contributed by atoms with Crippen molar-refractivity contribution in [2.75, 3.05) is 12.4 Å². The van der Waals surface area contributed by atoms with Crippen LogP contribution in [0.1, 0.15) is 31.1 Å². The number of carbonyl (C=O) groups excluding carboxylic acids is 3. The topological polar surface area (TPSA) is 66.5 Å². The second-order valence-electron chi connectivity index (χ2n) is 4.86. The molecular weight excluding hydrogens is 287 g/mol. The van der Waals surface area contributed by atoms with E-state index in [-0.39, 0.29) is 22.4 Å². The second-order valence-corrected chi connectivity index (χ2v) is 4.86. The highest BCUT2D eigenvalue weighted by Crippen LogP contribution is 2.28. The third kappa shape index (κ3) is 2.14. The van der Waals surface area contributed by atoms with E-state index in [0.717, 1.165) is 4.90 Å². The lowest BCUT2D eigenvalue weighted by Gasteiger charge is -2.09. The van der Waals surface area contributed by atoms with Gasteiger partial charge in [-0.1, -0.05) is 6.07 Å². The van der Waals surface area contributed by atoms with Crippen molar-refractivity contribution in [3.8, 4) is 0 Å². The summed E-state index contributed by atoms with van der Waals surface area (Å²) in [5.41, 5.74) is 0.938. The Morgan fingerprint density at radius 3 is 2.41 bits per heavy atom. The number of halogens is 1. The summed E-state index contributed by atoms with van der Waals surface area (Å²) in [6.07, 6.45) is 0. The van der Waals surface area contributed by atoms with Gasteiger partial charge in [0.15, 0.2) is 0 Å². The molecule has 22 heavy (non-hydrogen) atoms. The van der Waals surface area contributed by atoms with Crippen LogP contribution in [0.2, 0.25) is 0 Å². The predicted octanol–water partition coefficient (Wildman–Crippen LogP) is 2.30. The van der Waals surface area contributed by atoms with E-state index < -0.39 is 23.5 Å². The lowest BCUT2D eigenvalue weighted by molar-refractivity contribution is 0.0693. The van der Waals surface area contributed by atoms with E-state index in [1.807, 2.05) is 0 Å². The number of rotatable bonds is 2. The smallest absolute Gasteiger partial charge is 0.263 e. The molecule has 2 aromatic rings. The number of fused-ring (bicyclic) bond motifs is 1. The fraction of sp³-hybridized carbons (Fsp3) is 0.0625. The number of carbonyl (C=O) groups is 3. The van der Waals surface area contributed by atoms with E-state index in [4.69, 9.17) is 0 Å². The van der Waals surface area contributed by atoms with Crippen LogP contribution in [0.5, 0.6) is 0 Å². The fourth-order valence-corrected chi connectivity index (χ4v) is 2.30. The molecule has 2 aromatic carbocycles. The third-order valence-corrected chi connectivity index (χ3v) is 3.47. The van der Waals surface area contributed by atoms with Crippen LogP contribution in [-0.2, 0) is 0 Å². The summed E-state index contributed by atoms with van der Waals surface area (Å²) in [5.74, 6) is -1.80. The molecule has 1 heterocycles. The summed E-state index contributed by atoms with van der Waals surface area (Å²) in [4.78, 5) is 37.1. The van der Waals surface area contributed by atoms with E-state index in [1.165, 1.54) is 37.4 Å². The van der Waals surface area contributed by atoms with Gasteiger partial charge in [0.25, 0.3) is 17.7 Å². The number of amides is 3. The standard InChI is InChI=1S/C16H11FN2O3/c1-19-15(21)11-3-2-4-12(13(11)16(19)22)18-14(20)9-5-7-10(17)8-6-9/h2-8H,1H3,(H,18,20). The zero-order valence-electron chi connectivity index (χ0n) is 11.6. The molecule has 0 unspecified atom stereocenters. The first kappa shape index (κ1) is 13.9. The van der Waals surface area contributed by atoms with Crippen molar-refractivity contribution < 1.29 is 18.8 Å². The maximum Gasteiger partial charge on any atom is 0.263 e. The molecule has 3 rings (SSSR count). The number of nitrogens with zero attached hydrogens (tertiary/aromatic N) is 1. The van der Waals surface area contributed by atoms with Crippen LogP contribution >= 0.6 is 0 Å². The van der Waals surface area contributed by atoms with Crippen LogP contribution in [0, 0.1) is 5.82 Å². The maximum atomic E-state index is 12.9. The van der Waals surface area contributed by atoms with Crippen molar-refractivity contribution >= 4 is 23.4 Å². The Hall–Kier alpha value is -3.02. The van der Waals surface area contributed by atoms with Crippen molar-refractivity contribution in [3.05, 3.63) is 65.0 Å². The number of nitrogens with one attached hydrogen (secondary N) is 1. The highest BCUT2D eigenvalue weighted by atomic mass is 19.1. The summed E-state index contributed by atoms with van der Waals surface area (Å²) in [6, 6.07) is 9.69. The quantitative estimate of drug-likeness (QED) is 0.865. The minimum Gasteiger partial charge on any atom is -0.321 e. The number of benzene rings is 2. The van der Waals surface area contributed by atoms with Crippen LogP contribution in [0.4, 0.5) is 10.1 Å². The molecule has 0 aliphatic carbocycles. The van der Waals surface area contributed by atoms with Crippen molar-refractivity contribution in [3.63, 3.8) is 0 Å². The Bertz CT molecular complexity index is 800. The largest absolute Gasteiger partial charge is 0.321 e. The first-order valence-electron chi connectivity index (χ1n) is 6.51. The average molecular weight is 298 g/mol. The van der Waals surface area contributed by atoms with E-state index >= 15 is 0 Å². The highest BCUT2D eigenvalue weighted by Gasteiger charge is 2.35. The van der Waals surface area contributed by atoms with Gasteiger partial charge >= 0.3 is 0 Å². The lowest BCUT2D eigenvalue weighted by atomic mass is 10.1.